The molecule has 9 heteroatoms. The number of rotatable bonds is 13. The van der Waals surface area contributed by atoms with Gasteiger partial charge in [-0.3, -0.25) is 13.9 Å². The summed E-state index contributed by atoms with van der Waals surface area (Å²) in [7, 11) is -4.13. The Morgan fingerprint density at radius 3 is 2.16 bits per heavy atom. The highest BCUT2D eigenvalue weighted by Gasteiger charge is 2.33. The first-order chi connectivity index (χ1) is 18.3. The molecule has 0 spiro atoms. The van der Waals surface area contributed by atoms with E-state index in [1.165, 1.54) is 17.0 Å². The Kier molecular flexibility index (Phi) is 10.7. The lowest BCUT2D eigenvalue weighted by Gasteiger charge is -2.32. The molecule has 3 rings (SSSR count). The molecule has 7 nitrogen and oxygen atoms in total. The van der Waals surface area contributed by atoms with Gasteiger partial charge >= 0.3 is 0 Å². The molecule has 0 aliphatic heterocycles. The second-order valence-electron chi connectivity index (χ2n) is 8.92. The van der Waals surface area contributed by atoms with Gasteiger partial charge in [0.2, 0.25) is 11.8 Å². The number of nitrogens with one attached hydrogen (secondary N) is 1. The number of carbonyl (C=O) groups excluding carboxylic acids is 2. The third-order valence-corrected chi connectivity index (χ3v) is 8.31. The van der Waals surface area contributed by atoms with E-state index in [-0.39, 0.29) is 28.1 Å². The molecule has 0 saturated heterocycles. The molecule has 1 unspecified atom stereocenters. The molecule has 0 fully saturated rings. The number of nitrogens with zero attached hydrogens (tertiary/aromatic N) is 2. The van der Waals surface area contributed by atoms with Crippen molar-refractivity contribution in [2.45, 2.75) is 44.0 Å². The predicted octanol–water partition coefficient (Wildman–Crippen LogP) is 4.91. The SMILES string of the molecule is CCCCNC(=O)C(C)N(CCc1ccccc1)C(=O)CN(c1ccccc1Cl)S(=O)(=O)c1ccccc1. The summed E-state index contributed by atoms with van der Waals surface area (Å²) in [5.41, 5.74) is 1.19. The van der Waals surface area contributed by atoms with Gasteiger partial charge in [-0.2, -0.15) is 0 Å². The van der Waals surface area contributed by atoms with Crippen molar-refractivity contribution in [2.24, 2.45) is 0 Å². The lowest BCUT2D eigenvalue weighted by Crippen LogP contribution is -2.52. The number of carbonyl (C=O) groups is 2. The number of hydrogen-bond acceptors (Lipinski definition) is 4. The summed E-state index contributed by atoms with van der Waals surface area (Å²) in [5, 5.41) is 3.08. The van der Waals surface area contributed by atoms with Crippen LogP contribution in [0.5, 0.6) is 0 Å². The smallest absolute Gasteiger partial charge is 0.264 e. The van der Waals surface area contributed by atoms with Crippen molar-refractivity contribution < 1.29 is 18.0 Å². The average Bonchev–Trinajstić information content (AvgIpc) is 2.93. The van der Waals surface area contributed by atoms with Crippen LogP contribution in [0.1, 0.15) is 32.3 Å². The molecular formula is C29H34ClN3O4S. The predicted molar refractivity (Wildman–Crippen MR) is 152 cm³/mol. The maximum absolute atomic E-state index is 13.8. The highest BCUT2D eigenvalue weighted by atomic mass is 35.5. The molecular weight excluding hydrogens is 522 g/mol. The van der Waals surface area contributed by atoms with Crippen molar-refractivity contribution in [1.29, 1.82) is 0 Å². The van der Waals surface area contributed by atoms with Crippen LogP contribution in [0.25, 0.3) is 0 Å². The van der Waals surface area contributed by atoms with E-state index in [1.54, 1.807) is 49.4 Å². The van der Waals surface area contributed by atoms with Crippen LogP contribution in [0.15, 0.2) is 89.8 Å². The minimum absolute atomic E-state index is 0.0360. The van der Waals surface area contributed by atoms with Crippen LogP contribution in [-0.2, 0) is 26.0 Å². The zero-order chi connectivity index (χ0) is 27.5. The van der Waals surface area contributed by atoms with Crippen molar-refractivity contribution in [2.75, 3.05) is 23.9 Å². The van der Waals surface area contributed by atoms with Crippen molar-refractivity contribution in [3.8, 4) is 0 Å². The third kappa shape index (κ3) is 7.58. The van der Waals surface area contributed by atoms with Gasteiger partial charge in [-0.15, -0.1) is 0 Å². The first kappa shape index (κ1) is 29.2. The number of unbranched alkanes of at least 4 members (excludes halogenated alkanes) is 1. The Morgan fingerprint density at radius 2 is 1.53 bits per heavy atom. The van der Waals surface area contributed by atoms with Gasteiger partial charge in [-0.25, -0.2) is 8.42 Å². The van der Waals surface area contributed by atoms with E-state index >= 15 is 0 Å². The molecule has 0 bridgehead atoms. The van der Waals surface area contributed by atoms with Crippen LogP contribution in [0.3, 0.4) is 0 Å². The molecule has 38 heavy (non-hydrogen) atoms. The largest absolute Gasteiger partial charge is 0.354 e. The fraction of sp³-hybridized carbons (Fsp3) is 0.310. The van der Waals surface area contributed by atoms with Crippen molar-refractivity contribution >= 4 is 39.1 Å². The fourth-order valence-corrected chi connectivity index (χ4v) is 5.74. The Balaban J connectivity index is 1.94. The maximum Gasteiger partial charge on any atom is 0.264 e. The zero-order valence-electron chi connectivity index (χ0n) is 21.7. The molecule has 0 aliphatic carbocycles. The molecule has 0 aliphatic rings. The van der Waals surface area contributed by atoms with Gasteiger partial charge < -0.3 is 10.2 Å². The fourth-order valence-electron chi connectivity index (χ4n) is 3.99. The molecule has 1 atom stereocenters. The maximum atomic E-state index is 13.8. The highest BCUT2D eigenvalue weighted by Crippen LogP contribution is 2.30. The van der Waals surface area contributed by atoms with Gasteiger partial charge in [-0.1, -0.05) is 85.6 Å². The molecule has 1 N–H and O–H groups in total. The Hall–Kier alpha value is -3.36. The Labute approximate surface area is 230 Å². The zero-order valence-corrected chi connectivity index (χ0v) is 23.3. The van der Waals surface area contributed by atoms with Crippen LogP contribution < -0.4 is 9.62 Å². The minimum atomic E-state index is -4.13. The normalized spacial score (nSPS) is 12.0. The van der Waals surface area contributed by atoms with Gasteiger partial charge in [-0.05, 0) is 49.6 Å². The van der Waals surface area contributed by atoms with Crippen LogP contribution in [0.2, 0.25) is 5.02 Å². The first-order valence-electron chi connectivity index (χ1n) is 12.7. The van der Waals surface area contributed by atoms with E-state index in [1.807, 2.05) is 37.3 Å². The topological polar surface area (TPSA) is 86.8 Å². The minimum Gasteiger partial charge on any atom is -0.354 e. The lowest BCUT2D eigenvalue weighted by atomic mass is 10.1. The second kappa shape index (κ2) is 14.0. The van der Waals surface area contributed by atoms with Gasteiger partial charge in [0.05, 0.1) is 15.6 Å². The quantitative estimate of drug-likeness (QED) is 0.304. The van der Waals surface area contributed by atoms with E-state index in [9.17, 15) is 18.0 Å². The molecule has 202 valence electrons. The van der Waals surface area contributed by atoms with E-state index in [4.69, 9.17) is 11.6 Å². The molecule has 2 amide bonds. The summed E-state index contributed by atoms with van der Waals surface area (Å²) in [6, 6.07) is 23.2. The van der Waals surface area contributed by atoms with Gasteiger partial charge in [0.25, 0.3) is 10.0 Å². The molecule has 0 aromatic heterocycles. The monoisotopic (exact) mass is 555 g/mol. The lowest BCUT2D eigenvalue weighted by molar-refractivity contribution is -0.138. The number of benzene rings is 3. The van der Waals surface area contributed by atoms with Crippen LogP contribution in [-0.4, -0.2) is 50.8 Å². The Bertz CT molecular complexity index is 1300. The Morgan fingerprint density at radius 1 is 0.921 bits per heavy atom. The van der Waals surface area contributed by atoms with E-state index in [0.29, 0.717) is 13.0 Å². The molecule has 0 saturated carbocycles. The molecule has 3 aromatic rings. The average molecular weight is 556 g/mol. The van der Waals surface area contributed by atoms with Crippen LogP contribution in [0, 0.1) is 0 Å². The van der Waals surface area contributed by atoms with E-state index < -0.39 is 28.5 Å². The van der Waals surface area contributed by atoms with Crippen molar-refractivity contribution in [1.82, 2.24) is 10.2 Å². The summed E-state index contributed by atoms with van der Waals surface area (Å²) < 4.78 is 28.5. The van der Waals surface area contributed by atoms with Gasteiger partial charge in [0.15, 0.2) is 0 Å². The van der Waals surface area contributed by atoms with Crippen LogP contribution in [0.4, 0.5) is 5.69 Å². The first-order valence-corrected chi connectivity index (χ1v) is 14.5. The van der Waals surface area contributed by atoms with E-state index in [0.717, 1.165) is 22.7 Å². The summed E-state index contributed by atoms with van der Waals surface area (Å²) in [4.78, 5) is 28.2. The highest BCUT2D eigenvalue weighted by molar-refractivity contribution is 7.92. The summed E-state index contributed by atoms with van der Waals surface area (Å²) in [6.07, 6.45) is 2.26. The van der Waals surface area contributed by atoms with Crippen molar-refractivity contribution in [3.63, 3.8) is 0 Å². The number of sulfonamides is 1. The standard InChI is InChI=1S/C29H34ClN3O4S/c1-3-4-20-31-29(35)23(2)32(21-19-24-13-7-5-8-14-24)28(34)22-33(27-18-12-11-17-26(27)30)38(36,37)25-15-9-6-10-16-25/h5-18,23H,3-4,19-22H2,1-2H3,(H,31,35). The second-order valence-corrected chi connectivity index (χ2v) is 11.2. The number of hydrogen-bond donors (Lipinski definition) is 1. The number of para-hydroxylation sites is 1. The third-order valence-electron chi connectivity index (χ3n) is 6.21. The molecule has 3 aromatic carbocycles. The van der Waals surface area contributed by atoms with Crippen LogP contribution >= 0.6 is 11.6 Å². The molecule has 0 radical (unpaired) electrons. The molecule has 0 heterocycles. The summed E-state index contributed by atoms with van der Waals surface area (Å²) in [6.45, 7) is 3.93. The number of halogens is 1. The van der Waals surface area contributed by atoms with E-state index in [2.05, 4.69) is 5.32 Å². The number of anilines is 1. The van der Waals surface area contributed by atoms with Gasteiger partial charge in [0, 0.05) is 13.1 Å². The van der Waals surface area contributed by atoms with Gasteiger partial charge in [0.1, 0.15) is 12.6 Å². The number of amides is 2. The summed E-state index contributed by atoms with van der Waals surface area (Å²) in [5.74, 6) is -0.784. The summed E-state index contributed by atoms with van der Waals surface area (Å²) >= 11 is 6.41. The van der Waals surface area contributed by atoms with Crippen molar-refractivity contribution in [3.05, 3.63) is 95.5 Å².